The molecule has 148 valence electrons. The van der Waals surface area contributed by atoms with Crippen LogP contribution in [0.15, 0.2) is 18.2 Å². The number of aryl methyl sites for hydroxylation is 1. The Morgan fingerprint density at radius 2 is 1.85 bits per heavy atom. The lowest BCUT2D eigenvalue weighted by Gasteiger charge is -2.49. The average molecular weight is 375 g/mol. The molecule has 27 heavy (non-hydrogen) atoms. The van der Waals surface area contributed by atoms with Gasteiger partial charge in [0.1, 0.15) is 12.4 Å². The quantitative estimate of drug-likeness (QED) is 0.796. The third-order valence-corrected chi connectivity index (χ3v) is 6.64. The van der Waals surface area contributed by atoms with Gasteiger partial charge in [-0.15, -0.1) is 0 Å². The number of carbonyl (C=O) groups is 1. The topological polar surface area (TPSA) is 36.0 Å². The highest BCUT2D eigenvalue weighted by atomic mass is 19.1. The van der Waals surface area contributed by atoms with Crippen molar-refractivity contribution in [3.05, 3.63) is 29.6 Å². The van der Waals surface area contributed by atoms with Gasteiger partial charge in [0.15, 0.2) is 0 Å². The normalized spacial score (nSPS) is 24.6. The zero-order chi connectivity index (χ0) is 19.0. The van der Waals surface area contributed by atoms with Crippen molar-refractivity contribution in [3.63, 3.8) is 0 Å². The Kier molecular flexibility index (Phi) is 5.12. The van der Waals surface area contributed by atoms with Crippen LogP contribution in [0.25, 0.3) is 0 Å². The summed E-state index contributed by atoms with van der Waals surface area (Å²) in [5.41, 5.74) is 2.04. The first-order valence-electron chi connectivity index (χ1n) is 10.1. The van der Waals surface area contributed by atoms with E-state index in [0.717, 1.165) is 69.7 Å². The Bertz CT molecular complexity index is 695. The third-order valence-electron chi connectivity index (χ3n) is 6.64. The van der Waals surface area contributed by atoms with Gasteiger partial charge in [0.05, 0.1) is 5.60 Å². The average Bonchev–Trinajstić information content (AvgIpc) is 2.66. The van der Waals surface area contributed by atoms with Gasteiger partial charge >= 0.3 is 0 Å². The van der Waals surface area contributed by atoms with Crippen molar-refractivity contribution in [1.29, 1.82) is 0 Å². The molecule has 1 aromatic carbocycles. The number of piperidine rings is 2. The van der Waals surface area contributed by atoms with Crippen LogP contribution in [0.1, 0.15) is 31.2 Å². The van der Waals surface area contributed by atoms with E-state index < -0.39 is 0 Å². The van der Waals surface area contributed by atoms with Crippen LogP contribution in [0, 0.1) is 12.7 Å². The van der Waals surface area contributed by atoms with E-state index in [-0.39, 0.29) is 23.9 Å². The van der Waals surface area contributed by atoms with Crippen molar-refractivity contribution in [2.75, 3.05) is 51.3 Å². The maximum Gasteiger partial charge on any atom is 0.248 e. The van der Waals surface area contributed by atoms with Crippen molar-refractivity contribution in [2.24, 2.45) is 0 Å². The highest BCUT2D eigenvalue weighted by molar-refractivity contribution is 5.78. The van der Waals surface area contributed by atoms with Gasteiger partial charge in [0, 0.05) is 51.5 Å². The molecule has 3 heterocycles. The van der Waals surface area contributed by atoms with Crippen LogP contribution in [0.2, 0.25) is 0 Å². The number of hydrogen-bond donors (Lipinski definition) is 0. The minimum Gasteiger partial charge on any atom is -0.371 e. The Morgan fingerprint density at radius 1 is 1.15 bits per heavy atom. The molecular weight excluding hydrogens is 345 g/mol. The predicted octanol–water partition coefficient (Wildman–Crippen LogP) is 2.43. The van der Waals surface area contributed by atoms with Crippen LogP contribution >= 0.6 is 0 Å². The monoisotopic (exact) mass is 375 g/mol. The summed E-state index contributed by atoms with van der Waals surface area (Å²) in [5.74, 6) is -0.0721. The zero-order valence-corrected chi connectivity index (χ0v) is 16.4. The molecule has 3 saturated heterocycles. The van der Waals surface area contributed by atoms with E-state index in [9.17, 15) is 9.18 Å². The molecule has 0 saturated carbocycles. The molecule has 3 fully saturated rings. The zero-order valence-electron chi connectivity index (χ0n) is 16.4. The molecule has 4 rings (SSSR count). The van der Waals surface area contributed by atoms with E-state index in [1.165, 1.54) is 0 Å². The second-order valence-corrected chi connectivity index (χ2v) is 8.41. The number of rotatable bonds is 2. The van der Waals surface area contributed by atoms with Crippen molar-refractivity contribution in [2.45, 2.75) is 44.2 Å². The highest BCUT2D eigenvalue weighted by Crippen LogP contribution is 2.33. The summed E-state index contributed by atoms with van der Waals surface area (Å²) in [6, 6.07) is 5.71. The van der Waals surface area contributed by atoms with Crippen molar-refractivity contribution in [1.82, 2.24) is 9.80 Å². The summed E-state index contributed by atoms with van der Waals surface area (Å²) in [4.78, 5) is 18.5. The number of halogens is 1. The Hall–Kier alpha value is -1.66. The maximum absolute atomic E-state index is 13.4. The number of carbonyl (C=O) groups excluding carboxylic acids is 1. The molecule has 0 bridgehead atoms. The number of benzene rings is 1. The lowest BCUT2D eigenvalue weighted by Crippen LogP contribution is -2.59. The number of likely N-dealkylation sites (N-methyl/N-ethyl adjacent to an activating group) is 1. The van der Waals surface area contributed by atoms with Crippen LogP contribution in [0.3, 0.4) is 0 Å². The first-order valence-corrected chi connectivity index (χ1v) is 10.1. The lowest BCUT2D eigenvalue weighted by atomic mass is 9.87. The van der Waals surface area contributed by atoms with Gasteiger partial charge < -0.3 is 19.4 Å². The largest absolute Gasteiger partial charge is 0.371 e. The molecule has 1 amide bonds. The molecule has 6 heteroatoms. The van der Waals surface area contributed by atoms with Crippen molar-refractivity contribution in [3.8, 4) is 0 Å². The summed E-state index contributed by atoms with van der Waals surface area (Å²) >= 11 is 0. The van der Waals surface area contributed by atoms with E-state index >= 15 is 0 Å². The lowest BCUT2D eigenvalue weighted by molar-refractivity contribution is -0.169. The van der Waals surface area contributed by atoms with Crippen LogP contribution in [0.4, 0.5) is 10.1 Å². The highest BCUT2D eigenvalue weighted by Gasteiger charge is 2.42. The molecule has 3 aliphatic rings. The first-order chi connectivity index (χ1) is 13.0. The second kappa shape index (κ2) is 7.40. The van der Waals surface area contributed by atoms with E-state index in [0.29, 0.717) is 6.04 Å². The first kappa shape index (κ1) is 18.7. The fourth-order valence-corrected chi connectivity index (χ4v) is 4.94. The summed E-state index contributed by atoms with van der Waals surface area (Å²) < 4.78 is 19.3. The molecule has 0 aliphatic carbocycles. The number of amides is 1. The number of ether oxygens (including phenoxy) is 1. The third kappa shape index (κ3) is 3.83. The molecule has 1 spiro atoms. The SMILES string of the molecule is Cc1cc(F)ccc1N1CCC(N2CCC3(CC2)CN(C)C(=O)CO3)CC1. The Morgan fingerprint density at radius 3 is 2.48 bits per heavy atom. The molecule has 0 radical (unpaired) electrons. The Labute approximate surface area is 161 Å². The van der Waals surface area contributed by atoms with E-state index in [1.54, 1.807) is 12.1 Å². The summed E-state index contributed by atoms with van der Waals surface area (Å²) in [6.45, 7) is 7.07. The Balaban J connectivity index is 1.30. The standard InChI is InChI=1S/C21H30FN3O2/c1-16-13-17(22)3-4-19(16)25-9-5-18(6-10-25)24-11-7-21(8-12-24)15-23(2)20(26)14-27-21/h3-4,13,18H,5-12,14-15H2,1-2H3. The van der Waals surface area contributed by atoms with Gasteiger partial charge in [-0.05, 0) is 56.4 Å². The minimum atomic E-state index is -0.161. The van der Waals surface area contributed by atoms with Crippen LogP contribution in [-0.2, 0) is 9.53 Å². The van der Waals surface area contributed by atoms with Crippen LogP contribution in [0.5, 0.6) is 0 Å². The number of likely N-dealkylation sites (tertiary alicyclic amines) is 1. The fraction of sp³-hybridized carbons (Fsp3) is 0.667. The van der Waals surface area contributed by atoms with Gasteiger partial charge in [-0.2, -0.15) is 0 Å². The van der Waals surface area contributed by atoms with E-state index in [4.69, 9.17) is 4.74 Å². The summed E-state index contributed by atoms with van der Waals surface area (Å²) in [7, 11) is 1.88. The number of nitrogens with zero attached hydrogens (tertiary/aromatic N) is 3. The van der Waals surface area contributed by atoms with Crippen LogP contribution in [-0.4, -0.2) is 73.7 Å². The fourth-order valence-electron chi connectivity index (χ4n) is 4.94. The molecular formula is C21H30FN3O2. The molecule has 0 atom stereocenters. The van der Waals surface area contributed by atoms with E-state index in [1.807, 2.05) is 24.9 Å². The van der Waals surface area contributed by atoms with Gasteiger partial charge in [0.2, 0.25) is 5.91 Å². The smallest absolute Gasteiger partial charge is 0.248 e. The van der Waals surface area contributed by atoms with Gasteiger partial charge in [0.25, 0.3) is 0 Å². The predicted molar refractivity (Wildman–Crippen MR) is 103 cm³/mol. The summed E-state index contributed by atoms with van der Waals surface area (Å²) in [6.07, 6.45) is 4.29. The number of anilines is 1. The summed E-state index contributed by atoms with van der Waals surface area (Å²) in [5, 5.41) is 0. The molecule has 3 aliphatic heterocycles. The molecule has 0 unspecified atom stereocenters. The van der Waals surface area contributed by atoms with Crippen molar-refractivity contribution >= 4 is 11.6 Å². The maximum atomic E-state index is 13.4. The van der Waals surface area contributed by atoms with Gasteiger partial charge in [-0.3, -0.25) is 4.79 Å². The van der Waals surface area contributed by atoms with E-state index in [2.05, 4.69) is 9.80 Å². The van der Waals surface area contributed by atoms with Crippen molar-refractivity contribution < 1.29 is 13.9 Å². The second-order valence-electron chi connectivity index (χ2n) is 8.41. The number of hydrogen-bond acceptors (Lipinski definition) is 4. The molecule has 0 N–H and O–H groups in total. The molecule has 1 aromatic rings. The number of morpholine rings is 1. The van der Waals surface area contributed by atoms with Crippen LogP contribution < -0.4 is 4.90 Å². The minimum absolute atomic E-state index is 0.0894. The van der Waals surface area contributed by atoms with Gasteiger partial charge in [-0.1, -0.05) is 0 Å². The van der Waals surface area contributed by atoms with Gasteiger partial charge in [-0.25, -0.2) is 4.39 Å². The molecule has 0 aromatic heterocycles. The molecule has 5 nitrogen and oxygen atoms in total.